The van der Waals surface area contributed by atoms with Crippen LogP contribution >= 0.6 is 0 Å². The summed E-state index contributed by atoms with van der Waals surface area (Å²) in [5.74, 6) is 0.397. The molecule has 4 atom stereocenters. The molecule has 4 unspecified atom stereocenters. The Morgan fingerprint density at radius 2 is 2.10 bits per heavy atom. The van der Waals surface area contributed by atoms with Crippen LogP contribution in [0, 0.1) is 5.92 Å². The van der Waals surface area contributed by atoms with Crippen LogP contribution in [0.1, 0.15) is 12.8 Å². The topological polar surface area (TPSA) is 62.4 Å². The fourth-order valence-corrected chi connectivity index (χ4v) is 1.90. The van der Waals surface area contributed by atoms with Gasteiger partial charge in [-0.25, -0.2) is 0 Å². The number of rotatable bonds is 1. The molecule has 1 saturated heterocycles. The van der Waals surface area contributed by atoms with Crippen molar-refractivity contribution in [3.8, 4) is 0 Å². The van der Waals surface area contributed by atoms with Crippen molar-refractivity contribution in [3.05, 3.63) is 0 Å². The van der Waals surface area contributed by atoms with Crippen LogP contribution in [0.5, 0.6) is 0 Å². The van der Waals surface area contributed by atoms with Gasteiger partial charge in [0.25, 0.3) is 0 Å². The lowest BCUT2D eigenvalue weighted by Gasteiger charge is -2.20. The highest BCUT2D eigenvalue weighted by Gasteiger charge is 2.49. The number of hydrogen-bond donors (Lipinski definition) is 3. The summed E-state index contributed by atoms with van der Waals surface area (Å²) in [6.45, 7) is 0.265. The minimum absolute atomic E-state index is 0.159. The maximum Gasteiger partial charge on any atom is 0.0708 e. The summed E-state index contributed by atoms with van der Waals surface area (Å²) in [4.78, 5) is 0. The molecule has 3 N–H and O–H groups in total. The smallest absolute Gasteiger partial charge is 0.0708 e. The van der Waals surface area contributed by atoms with Gasteiger partial charge >= 0.3 is 0 Å². The number of aliphatic hydroxyl groups is 2. The molecule has 0 aromatic heterocycles. The van der Waals surface area contributed by atoms with Crippen LogP contribution in [0.15, 0.2) is 0 Å². The Bertz CT molecular complexity index is 140. The fraction of sp³-hybridized carbons (Fsp3) is 1.00. The summed E-state index contributed by atoms with van der Waals surface area (Å²) in [5.41, 5.74) is 0. The Balaban J connectivity index is 1.95. The molecule has 0 amide bonds. The molecule has 3 heteroatoms. The summed E-state index contributed by atoms with van der Waals surface area (Å²) >= 11 is 0. The lowest BCUT2D eigenvalue weighted by Crippen LogP contribution is -2.29. The number of fused-ring (bicyclic) bond motifs is 1. The molecule has 58 valence electrons. The highest BCUT2D eigenvalue weighted by Crippen LogP contribution is 2.33. The van der Waals surface area contributed by atoms with E-state index in [2.05, 4.69) is 5.32 Å². The maximum atomic E-state index is 9.29. The molecule has 3 nitrogen and oxygen atoms in total. The van der Waals surface area contributed by atoms with E-state index in [9.17, 15) is 5.11 Å². The first-order chi connectivity index (χ1) is 4.83. The van der Waals surface area contributed by atoms with E-state index in [0.29, 0.717) is 18.0 Å². The number of hydrogen-bond acceptors (Lipinski definition) is 3. The lowest BCUT2D eigenvalue weighted by molar-refractivity contribution is 0.112. The first-order valence-electron chi connectivity index (χ1n) is 3.88. The molecule has 1 heterocycles. The van der Waals surface area contributed by atoms with Crippen molar-refractivity contribution in [2.75, 3.05) is 6.61 Å². The molecule has 2 fully saturated rings. The van der Waals surface area contributed by atoms with Gasteiger partial charge in [-0.15, -0.1) is 0 Å². The zero-order valence-corrected chi connectivity index (χ0v) is 5.83. The zero-order valence-electron chi connectivity index (χ0n) is 5.83. The second-order valence-electron chi connectivity index (χ2n) is 3.31. The summed E-state index contributed by atoms with van der Waals surface area (Å²) < 4.78 is 0. The predicted octanol–water partition coefficient (Wildman–Crippen LogP) is -0.910. The van der Waals surface area contributed by atoms with Crippen molar-refractivity contribution in [2.45, 2.75) is 31.0 Å². The third kappa shape index (κ3) is 0.856. The van der Waals surface area contributed by atoms with E-state index in [-0.39, 0.29) is 12.7 Å². The zero-order chi connectivity index (χ0) is 7.14. The Kier molecular flexibility index (Phi) is 1.44. The van der Waals surface area contributed by atoms with E-state index in [0.717, 1.165) is 12.8 Å². The second-order valence-corrected chi connectivity index (χ2v) is 3.31. The van der Waals surface area contributed by atoms with E-state index < -0.39 is 0 Å². The predicted molar refractivity (Wildman–Crippen MR) is 36.5 cm³/mol. The summed E-state index contributed by atoms with van der Waals surface area (Å²) in [6, 6.07) is 0.708. The highest BCUT2D eigenvalue weighted by atomic mass is 16.3. The highest BCUT2D eigenvalue weighted by molar-refractivity contribution is 5.09. The summed E-state index contributed by atoms with van der Waals surface area (Å²) in [5, 5.41) is 21.3. The van der Waals surface area contributed by atoms with Crippen molar-refractivity contribution in [3.63, 3.8) is 0 Å². The molecule has 1 saturated carbocycles. The van der Waals surface area contributed by atoms with Gasteiger partial charge in [0.1, 0.15) is 0 Å². The van der Waals surface area contributed by atoms with Gasteiger partial charge in [0.2, 0.25) is 0 Å². The molecule has 0 aromatic carbocycles. The van der Waals surface area contributed by atoms with Crippen molar-refractivity contribution >= 4 is 0 Å². The molecular weight excluding hydrogens is 130 g/mol. The Morgan fingerprint density at radius 1 is 1.30 bits per heavy atom. The molecule has 0 bridgehead atoms. The van der Waals surface area contributed by atoms with Gasteiger partial charge in [-0.3, -0.25) is 0 Å². The Morgan fingerprint density at radius 3 is 2.80 bits per heavy atom. The van der Waals surface area contributed by atoms with Crippen molar-refractivity contribution in [1.82, 2.24) is 5.32 Å². The van der Waals surface area contributed by atoms with Crippen molar-refractivity contribution in [2.24, 2.45) is 5.92 Å². The van der Waals surface area contributed by atoms with Gasteiger partial charge in [-0.05, 0) is 18.8 Å². The molecule has 1 aliphatic heterocycles. The standard InChI is InChI=1S/C7H13NO2/c9-3-4-1-2-5(10)7-6(4)8-7/h4-10H,1-3H2. The van der Waals surface area contributed by atoms with Crippen LogP contribution in [0.4, 0.5) is 0 Å². The van der Waals surface area contributed by atoms with E-state index >= 15 is 0 Å². The monoisotopic (exact) mass is 143 g/mol. The Labute approximate surface area is 60.1 Å². The maximum absolute atomic E-state index is 9.29. The molecule has 0 spiro atoms. The molecule has 2 aliphatic rings. The van der Waals surface area contributed by atoms with Gasteiger partial charge in [0, 0.05) is 18.7 Å². The average molecular weight is 143 g/mol. The third-order valence-electron chi connectivity index (χ3n) is 2.65. The largest absolute Gasteiger partial charge is 0.396 e. The van der Waals surface area contributed by atoms with Crippen LogP contribution in [0.3, 0.4) is 0 Å². The van der Waals surface area contributed by atoms with Gasteiger partial charge in [0.15, 0.2) is 0 Å². The van der Waals surface area contributed by atoms with E-state index in [1.807, 2.05) is 0 Å². The van der Waals surface area contributed by atoms with E-state index in [1.54, 1.807) is 0 Å². The van der Waals surface area contributed by atoms with E-state index in [1.165, 1.54) is 0 Å². The molecule has 1 aliphatic carbocycles. The van der Waals surface area contributed by atoms with Crippen LogP contribution in [-0.4, -0.2) is 35.0 Å². The Hall–Kier alpha value is -0.120. The number of aliphatic hydroxyl groups excluding tert-OH is 2. The minimum Gasteiger partial charge on any atom is -0.396 e. The molecule has 2 rings (SSSR count). The molecule has 0 radical (unpaired) electrons. The van der Waals surface area contributed by atoms with Crippen molar-refractivity contribution in [1.29, 1.82) is 0 Å². The lowest BCUT2D eigenvalue weighted by atomic mass is 9.88. The summed E-state index contributed by atoms with van der Waals surface area (Å²) in [7, 11) is 0. The summed E-state index contributed by atoms with van der Waals surface area (Å²) in [6.07, 6.45) is 1.65. The first kappa shape index (κ1) is 6.58. The van der Waals surface area contributed by atoms with Crippen LogP contribution in [0.2, 0.25) is 0 Å². The average Bonchev–Trinajstić information content (AvgIpc) is 2.68. The van der Waals surface area contributed by atoms with E-state index in [4.69, 9.17) is 5.11 Å². The van der Waals surface area contributed by atoms with Gasteiger partial charge in [-0.1, -0.05) is 0 Å². The second kappa shape index (κ2) is 2.19. The van der Waals surface area contributed by atoms with Crippen molar-refractivity contribution < 1.29 is 10.2 Å². The van der Waals surface area contributed by atoms with Gasteiger partial charge < -0.3 is 15.5 Å². The molecular formula is C7H13NO2. The molecule has 0 aromatic rings. The first-order valence-corrected chi connectivity index (χ1v) is 3.88. The van der Waals surface area contributed by atoms with Crippen LogP contribution in [0.25, 0.3) is 0 Å². The van der Waals surface area contributed by atoms with Gasteiger partial charge in [0.05, 0.1) is 6.10 Å². The number of nitrogens with one attached hydrogen (secondary N) is 1. The third-order valence-corrected chi connectivity index (χ3v) is 2.65. The van der Waals surface area contributed by atoms with Crippen LogP contribution < -0.4 is 5.32 Å². The van der Waals surface area contributed by atoms with Crippen LogP contribution in [-0.2, 0) is 0 Å². The molecule has 10 heavy (non-hydrogen) atoms. The van der Waals surface area contributed by atoms with Gasteiger partial charge in [-0.2, -0.15) is 0 Å². The SMILES string of the molecule is OCC1CCC(O)C2NC12. The quantitative estimate of drug-likeness (QED) is 0.416. The minimum atomic E-state index is -0.159. The normalized spacial score (nSPS) is 52.2. The fourth-order valence-electron chi connectivity index (χ4n) is 1.90.